The predicted molar refractivity (Wildman–Crippen MR) is 99.9 cm³/mol. The van der Waals surface area contributed by atoms with Crippen LogP contribution in [0.2, 0.25) is 5.02 Å². The van der Waals surface area contributed by atoms with Crippen LogP contribution in [0.4, 0.5) is 11.4 Å². The first-order valence-electron chi connectivity index (χ1n) is 7.47. The highest BCUT2D eigenvalue weighted by Crippen LogP contribution is 2.27. The molecule has 6 nitrogen and oxygen atoms in total. The lowest BCUT2D eigenvalue weighted by atomic mass is 10.2. The van der Waals surface area contributed by atoms with Crippen molar-refractivity contribution in [2.24, 2.45) is 0 Å². The summed E-state index contributed by atoms with van der Waals surface area (Å²) in [6.45, 7) is -0.0155. The standard InChI is InChI=1S/C17H19ClN2O4S/c1-24-14-7-5-6-13(12-14)19-17(21)10-11-20(25(2,22)23)16-9-4-3-8-15(16)18/h3-9,12H,10-11H2,1-2H3,(H,19,21). The molecule has 0 unspecified atom stereocenters. The summed E-state index contributed by atoms with van der Waals surface area (Å²) in [7, 11) is -2.03. The zero-order valence-electron chi connectivity index (χ0n) is 13.9. The van der Waals surface area contributed by atoms with E-state index in [0.717, 1.165) is 10.6 Å². The Kier molecular flexibility index (Phi) is 6.27. The van der Waals surface area contributed by atoms with E-state index in [1.165, 1.54) is 7.11 Å². The minimum Gasteiger partial charge on any atom is -0.497 e. The van der Waals surface area contributed by atoms with Gasteiger partial charge in [-0.3, -0.25) is 9.10 Å². The van der Waals surface area contributed by atoms with E-state index in [0.29, 0.717) is 22.1 Å². The number of hydrogen-bond acceptors (Lipinski definition) is 4. The average molecular weight is 383 g/mol. The third-order valence-electron chi connectivity index (χ3n) is 3.42. The fourth-order valence-corrected chi connectivity index (χ4v) is 3.47. The van der Waals surface area contributed by atoms with Crippen molar-refractivity contribution < 1.29 is 17.9 Å². The van der Waals surface area contributed by atoms with Gasteiger partial charge < -0.3 is 10.1 Å². The molecule has 0 aliphatic heterocycles. The molecule has 1 N–H and O–H groups in total. The van der Waals surface area contributed by atoms with Crippen molar-refractivity contribution >= 4 is 38.9 Å². The van der Waals surface area contributed by atoms with E-state index < -0.39 is 10.0 Å². The van der Waals surface area contributed by atoms with Crippen LogP contribution in [0.15, 0.2) is 48.5 Å². The molecule has 0 aliphatic carbocycles. The summed E-state index contributed by atoms with van der Waals surface area (Å²) in [5, 5.41) is 3.02. The van der Waals surface area contributed by atoms with Crippen molar-refractivity contribution in [3.63, 3.8) is 0 Å². The maximum atomic E-state index is 12.2. The Balaban J connectivity index is 2.08. The summed E-state index contributed by atoms with van der Waals surface area (Å²) in [6.07, 6.45) is 1.06. The van der Waals surface area contributed by atoms with Gasteiger partial charge in [-0.05, 0) is 24.3 Å². The summed E-state index contributed by atoms with van der Waals surface area (Å²) in [5.41, 5.74) is 0.925. The Bertz CT molecular complexity index is 855. The third-order valence-corrected chi connectivity index (χ3v) is 4.92. The van der Waals surface area contributed by atoms with Crippen LogP contribution in [0.1, 0.15) is 6.42 Å². The van der Waals surface area contributed by atoms with Crippen LogP contribution in [0.25, 0.3) is 0 Å². The number of amides is 1. The number of carbonyl (C=O) groups excluding carboxylic acids is 1. The quantitative estimate of drug-likeness (QED) is 0.798. The van der Waals surface area contributed by atoms with Gasteiger partial charge in [0.1, 0.15) is 5.75 Å². The highest BCUT2D eigenvalue weighted by molar-refractivity contribution is 7.92. The molecule has 2 aromatic rings. The van der Waals surface area contributed by atoms with E-state index in [2.05, 4.69) is 5.32 Å². The molecule has 0 radical (unpaired) electrons. The van der Waals surface area contributed by atoms with E-state index in [9.17, 15) is 13.2 Å². The number of rotatable bonds is 7. The molecule has 0 bridgehead atoms. The lowest BCUT2D eigenvalue weighted by molar-refractivity contribution is -0.116. The highest BCUT2D eigenvalue weighted by atomic mass is 35.5. The van der Waals surface area contributed by atoms with Crippen molar-refractivity contribution in [1.29, 1.82) is 0 Å². The second-order valence-corrected chi connectivity index (χ2v) is 7.63. The van der Waals surface area contributed by atoms with Gasteiger partial charge in [-0.15, -0.1) is 0 Å². The molecule has 0 atom stereocenters. The number of anilines is 2. The molecule has 2 rings (SSSR count). The number of halogens is 1. The van der Waals surface area contributed by atoms with Crippen molar-refractivity contribution in [1.82, 2.24) is 0 Å². The van der Waals surface area contributed by atoms with Crippen LogP contribution in [-0.2, 0) is 14.8 Å². The lowest BCUT2D eigenvalue weighted by Crippen LogP contribution is -2.33. The van der Waals surface area contributed by atoms with Crippen LogP contribution in [0.5, 0.6) is 5.75 Å². The molecule has 2 aromatic carbocycles. The van der Waals surface area contributed by atoms with Gasteiger partial charge in [0.15, 0.2) is 0 Å². The zero-order valence-corrected chi connectivity index (χ0v) is 15.5. The van der Waals surface area contributed by atoms with Crippen LogP contribution >= 0.6 is 11.6 Å². The molecule has 0 saturated heterocycles. The number of carbonyl (C=O) groups is 1. The topological polar surface area (TPSA) is 75.7 Å². The highest BCUT2D eigenvalue weighted by Gasteiger charge is 2.20. The number of nitrogens with zero attached hydrogens (tertiary/aromatic N) is 1. The molecule has 0 spiro atoms. The summed E-state index contributed by atoms with van der Waals surface area (Å²) >= 11 is 6.08. The first kappa shape index (κ1) is 19.1. The number of sulfonamides is 1. The smallest absolute Gasteiger partial charge is 0.232 e. The second-order valence-electron chi connectivity index (χ2n) is 5.32. The molecule has 0 aliphatic rings. The van der Waals surface area contributed by atoms with Crippen LogP contribution in [0, 0.1) is 0 Å². The molecular weight excluding hydrogens is 364 g/mol. The number of ether oxygens (including phenoxy) is 1. The average Bonchev–Trinajstić information content (AvgIpc) is 2.55. The van der Waals surface area contributed by atoms with Gasteiger partial charge in [0.2, 0.25) is 15.9 Å². The number of hydrogen-bond donors (Lipinski definition) is 1. The fraction of sp³-hybridized carbons (Fsp3) is 0.235. The van der Waals surface area contributed by atoms with Gasteiger partial charge >= 0.3 is 0 Å². The van der Waals surface area contributed by atoms with Gasteiger partial charge in [-0.25, -0.2) is 8.42 Å². The van der Waals surface area contributed by atoms with Gasteiger partial charge in [0, 0.05) is 24.7 Å². The Morgan fingerprint density at radius 2 is 1.92 bits per heavy atom. The monoisotopic (exact) mass is 382 g/mol. The molecule has 134 valence electrons. The van der Waals surface area contributed by atoms with Crippen LogP contribution < -0.4 is 14.4 Å². The SMILES string of the molecule is COc1cccc(NC(=O)CCN(c2ccccc2Cl)S(C)(=O)=O)c1. The maximum absolute atomic E-state index is 12.2. The third kappa shape index (κ3) is 5.37. The minimum absolute atomic E-state index is 0.0155. The molecule has 0 aromatic heterocycles. The summed E-state index contributed by atoms with van der Waals surface area (Å²) in [6, 6.07) is 13.5. The van der Waals surface area contributed by atoms with Crippen molar-refractivity contribution in [2.45, 2.75) is 6.42 Å². The van der Waals surface area contributed by atoms with Crippen LogP contribution in [0.3, 0.4) is 0 Å². The normalized spacial score (nSPS) is 11.0. The molecular formula is C17H19ClN2O4S. The van der Waals surface area contributed by atoms with E-state index in [-0.39, 0.29) is 18.9 Å². The maximum Gasteiger partial charge on any atom is 0.232 e. The Morgan fingerprint density at radius 1 is 1.20 bits per heavy atom. The van der Waals surface area contributed by atoms with Crippen molar-refractivity contribution in [3.8, 4) is 5.75 Å². The van der Waals surface area contributed by atoms with Crippen LogP contribution in [-0.4, -0.2) is 34.2 Å². The minimum atomic E-state index is -3.57. The summed E-state index contributed by atoms with van der Waals surface area (Å²) in [5.74, 6) is 0.306. The van der Waals surface area contributed by atoms with Crippen molar-refractivity contribution in [3.05, 3.63) is 53.6 Å². The number of nitrogens with one attached hydrogen (secondary N) is 1. The van der Waals surface area contributed by atoms with Gasteiger partial charge in [-0.1, -0.05) is 29.8 Å². The van der Waals surface area contributed by atoms with Gasteiger partial charge in [0.05, 0.1) is 24.1 Å². The molecule has 25 heavy (non-hydrogen) atoms. The zero-order chi connectivity index (χ0) is 18.4. The Labute approximate surface area is 152 Å². The Hall–Kier alpha value is -2.25. The van der Waals surface area contributed by atoms with E-state index in [4.69, 9.17) is 16.3 Å². The predicted octanol–water partition coefficient (Wildman–Crippen LogP) is 3.14. The molecule has 1 amide bonds. The van der Waals surface area contributed by atoms with Gasteiger partial charge in [-0.2, -0.15) is 0 Å². The summed E-state index contributed by atoms with van der Waals surface area (Å²) < 4.78 is 30.3. The first-order chi connectivity index (χ1) is 11.8. The van der Waals surface area contributed by atoms with E-state index in [1.54, 1.807) is 48.5 Å². The van der Waals surface area contributed by atoms with E-state index in [1.807, 2.05) is 0 Å². The van der Waals surface area contributed by atoms with E-state index >= 15 is 0 Å². The number of benzene rings is 2. The van der Waals surface area contributed by atoms with Crippen molar-refractivity contribution in [2.75, 3.05) is 29.5 Å². The molecule has 8 heteroatoms. The summed E-state index contributed by atoms with van der Waals surface area (Å²) in [4.78, 5) is 12.2. The molecule has 0 saturated carbocycles. The fourth-order valence-electron chi connectivity index (χ4n) is 2.25. The first-order valence-corrected chi connectivity index (χ1v) is 9.70. The Morgan fingerprint density at radius 3 is 2.56 bits per heavy atom. The van der Waals surface area contributed by atoms with Gasteiger partial charge in [0.25, 0.3) is 0 Å². The molecule has 0 heterocycles. The largest absolute Gasteiger partial charge is 0.497 e. The number of para-hydroxylation sites is 1. The number of methoxy groups -OCH3 is 1. The lowest BCUT2D eigenvalue weighted by Gasteiger charge is -2.23. The second kappa shape index (κ2) is 8.22. The molecule has 0 fully saturated rings.